The van der Waals surface area contributed by atoms with E-state index in [0.717, 1.165) is 0 Å². The second-order valence-corrected chi connectivity index (χ2v) is 1.55. The molecule has 6 heteroatoms. The van der Waals surface area contributed by atoms with Crippen LogP contribution in [-0.2, 0) is 0 Å². The highest BCUT2D eigenvalue weighted by Crippen LogP contribution is 2.29. The molecule has 10 heavy (non-hydrogen) atoms. The number of halogens is 6. The Hall–Kier alpha value is -0.420. The Labute approximate surface area is 52.8 Å². The summed E-state index contributed by atoms with van der Waals surface area (Å²) in [5, 5.41) is 0. The normalized spacial score (nSPS) is 15.9. The molecular weight excluding hydrogens is 162 g/mol. The average molecular weight is 165 g/mol. The van der Waals surface area contributed by atoms with Crippen LogP contribution in [0.3, 0.4) is 0 Å². The molecular formula is C4H3F6. The molecule has 1 unspecified atom stereocenters. The lowest BCUT2D eigenvalue weighted by molar-refractivity contribution is -0.184. The summed E-state index contributed by atoms with van der Waals surface area (Å²) in [5.41, 5.74) is 0. The van der Waals surface area contributed by atoms with Gasteiger partial charge in [0.25, 0.3) is 0 Å². The van der Waals surface area contributed by atoms with Gasteiger partial charge in [-0.15, -0.1) is 0 Å². The molecule has 1 atom stereocenters. The summed E-state index contributed by atoms with van der Waals surface area (Å²) in [6, 6.07) is 0. The van der Waals surface area contributed by atoms with E-state index in [2.05, 4.69) is 0 Å². The lowest BCUT2D eigenvalue weighted by Crippen LogP contribution is -2.24. The molecule has 0 aromatic rings. The lowest BCUT2D eigenvalue weighted by Gasteiger charge is -2.09. The second-order valence-electron chi connectivity index (χ2n) is 1.55. The quantitative estimate of drug-likeness (QED) is 0.552. The first-order chi connectivity index (χ1) is 4.34. The van der Waals surface area contributed by atoms with Gasteiger partial charge in [0.05, 0.1) is 6.42 Å². The minimum atomic E-state index is -5.18. The van der Waals surface area contributed by atoms with Crippen LogP contribution >= 0.6 is 0 Å². The maximum atomic E-state index is 11.5. The Kier molecular flexibility index (Phi) is 2.98. The predicted octanol–water partition coefficient (Wildman–Crippen LogP) is 2.71. The smallest absolute Gasteiger partial charge is 0.237 e. The van der Waals surface area contributed by atoms with E-state index < -0.39 is 25.2 Å². The van der Waals surface area contributed by atoms with Gasteiger partial charge in [-0.1, -0.05) is 0 Å². The Morgan fingerprint density at radius 1 is 1.20 bits per heavy atom. The summed E-state index contributed by atoms with van der Waals surface area (Å²) in [5.74, 6) is 0. The topological polar surface area (TPSA) is 0 Å². The van der Waals surface area contributed by atoms with Gasteiger partial charge in [0, 0.05) is 0 Å². The monoisotopic (exact) mass is 165 g/mol. The van der Waals surface area contributed by atoms with E-state index in [4.69, 9.17) is 0 Å². The fourth-order valence-electron chi connectivity index (χ4n) is 0.251. The van der Waals surface area contributed by atoms with Crippen molar-refractivity contribution in [3.63, 3.8) is 0 Å². The molecule has 0 aromatic carbocycles. The summed E-state index contributed by atoms with van der Waals surface area (Å²) in [4.78, 5) is 0. The third-order valence-corrected chi connectivity index (χ3v) is 0.689. The standard InChI is InChI=1S/C4H3F6/c5-2(1-3(6)7)4(8,9)10/h2H,1H2. The van der Waals surface area contributed by atoms with Crippen molar-refractivity contribution in [1.29, 1.82) is 0 Å². The maximum Gasteiger partial charge on any atom is 0.419 e. The van der Waals surface area contributed by atoms with Crippen LogP contribution in [0.1, 0.15) is 6.42 Å². The van der Waals surface area contributed by atoms with Crippen LogP contribution in [0.25, 0.3) is 0 Å². The van der Waals surface area contributed by atoms with Gasteiger partial charge in [-0.3, -0.25) is 0 Å². The molecule has 0 bridgehead atoms. The molecule has 1 radical (unpaired) electrons. The van der Waals surface area contributed by atoms with Crippen LogP contribution in [0, 0.1) is 6.43 Å². The molecule has 0 saturated heterocycles. The molecule has 0 fully saturated rings. The summed E-state index contributed by atoms with van der Waals surface area (Å²) >= 11 is 0. The van der Waals surface area contributed by atoms with Crippen LogP contribution < -0.4 is 0 Å². The minimum absolute atomic E-state index is 1.86. The van der Waals surface area contributed by atoms with Crippen molar-refractivity contribution < 1.29 is 26.3 Å². The van der Waals surface area contributed by atoms with Gasteiger partial charge < -0.3 is 0 Å². The van der Waals surface area contributed by atoms with Gasteiger partial charge in [-0.05, 0) is 0 Å². The van der Waals surface area contributed by atoms with E-state index in [-0.39, 0.29) is 0 Å². The number of hydrogen-bond donors (Lipinski definition) is 0. The molecule has 0 heterocycles. The van der Waals surface area contributed by atoms with Crippen molar-refractivity contribution in [2.24, 2.45) is 0 Å². The molecule has 0 saturated carbocycles. The highest BCUT2D eigenvalue weighted by atomic mass is 19.4. The maximum absolute atomic E-state index is 11.5. The van der Waals surface area contributed by atoms with Crippen molar-refractivity contribution in [1.82, 2.24) is 0 Å². The SMILES string of the molecule is F[C](F)CC(F)C(F)(F)F. The highest BCUT2D eigenvalue weighted by Gasteiger charge is 2.42. The molecule has 0 aliphatic heterocycles. The van der Waals surface area contributed by atoms with E-state index in [9.17, 15) is 26.3 Å². The number of hydrogen-bond acceptors (Lipinski definition) is 0. The Balaban J connectivity index is 3.73. The Morgan fingerprint density at radius 2 is 1.60 bits per heavy atom. The van der Waals surface area contributed by atoms with Crippen LogP contribution in [0.15, 0.2) is 0 Å². The van der Waals surface area contributed by atoms with Gasteiger partial charge >= 0.3 is 12.6 Å². The zero-order valence-corrected chi connectivity index (χ0v) is 4.55. The number of rotatable bonds is 2. The number of alkyl halides is 4. The van der Waals surface area contributed by atoms with Crippen LogP contribution in [0.2, 0.25) is 0 Å². The zero-order valence-electron chi connectivity index (χ0n) is 4.55. The summed E-state index contributed by atoms with van der Waals surface area (Å²) in [6.45, 7) is 0. The fourth-order valence-corrected chi connectivity index (χ4v) is 0.251. The molecule has 0 N–H and O–H groups in total. The third kappa shape index (κ3) is 3.58. The van der Waals surface area contributed by atoms with E-state index in [1.54, 1.807) is 0 Å². The molecule has 0 nitrogen and oxygen atoms in total. The predicted molar refractivity (Wildman–Crippen MR) is 21.0 cm³/mol. The van der Waals surface area contributed by atoms with Crippen LogP contribution in [-0.4, -0.2) is 12.3 Å². The Morgan fingerprint density at radius 3 is 1.70 bits per heavy atom. The summed E-state index contributed by atoms with van der Waals surface area (Å²) < 4.78 is 66.8. The van der Waals surface area contributed by atoms with Gasteiger partial charge in [0.1, 0.15) is 0 Å². The highest BCUT2D eigenvalue weighted by molar-refractivity contribution is 4.73. The first-order valence-corrected chi connectivity index (χ1v) is 2.21. The van der Waals surface area contributed by atoms with Crippen LogP contribution in [0.5, 0.6) is 0 Å². The fraction of sp³-hybridized carbons (Fsp3) is 0.750. The van der Waals surface area contributed by atoms with Crippen molar-refractivity contribution in [3.8, 4) is 0 Å². The molecule has 0 rings (SSSR count). The zero-order chi connectivity index (χ0) is 8.36. The molecule has 0 aliphatic carbocycles. The van der Waals surface area contributed by atoms with E-state index in [1.807, 2.05) is 0 Å². The van der Waals surface area contributed by atoms with Crippen LogP contribution in [0.4, 0.5) is 26.3 Å². The van der Waals surface area contributed by atoms with Crippen molar-refractivity contribution in [2.45, 2.75) is 18.8 Å². The molecule has 0 aromatic heterocycles. The van der Waals surface area contributed by atoms with E-state index in [1.165, 1.54) is 0 Å². The molecule has 0 spiro atoms. The minimum Gasteiger partial charge on any atom is -0.237 e. The van der Waals surface area contributed by atoms with Gasteiger partial charge in [-0.2, -0.15) is 22.0 Å². The summed E-state index contributed by atoms with van der Waals surface area (Å²) in [7, 11) is 0. The largest absolute Gasteiger partial charge is 0.419 e. The Bertz CT molecular complexity index is 94.4. The van der Waals surface area contributed by atoms with Crippen molar-refractivity contribution in [2.75, 3.05) is 0 Å². The molecule has 0 amide bonds. The lowest BCUT2D eigenvalue weighted by atomic mass is 10.3. The first kappa shape index (κ1) is 9.58. The average Bonchev–Trinajstić information content (AvgIpc) is 1.60. The van der Waals surface area contributed by atoms with Gasteiger partial charge in [0.15, 0.2) is 0 Å². The second kappa shape index (κ2) is 3.12. The summed E-state index contributed by atoms with van der Waals surface area (Å²) in [6.07, 6.45) is -13.0. The van der Waals surface area contributed by atoms with Crippen molar-refractivity contribution in [3.05, 3.63) is 6.43 Å². The third-order valence-electron chi connectivity index (χ3n) is 0.689. The molecule has 61 valence electrons. The van der Waals surface area contributed by atoms with E-state index >= 15 is 0 Å². The van der Waals surface area contributed by atoms with Gasteiger partial charge in [0.2, 0.25) is 6.17 Å². The van der Waals surface area contributed by atoms with Crippen molar-refractivity contribution >= 4 is 0 Å². The molecule has 0 aliphatic rings. The van der Waals surface area contributed by atoms with E-state index in [0.29, 0.717) is 0 Å². The van der Waals surface area contributed by atoms with Gasteiger partial charge in [-0.25, -0.2) is 4.39 Å². The first-order valence-electron chi connectivity index (χ1n) is 2.21.